The van der Waals surface area contributed by atoms with Crippen LogP contribution in [0.1, 0.15) is 56.6 Å². The summed E-state index contributed by atoms with van der Waals surface area (Å²) in [5, 5.41) is 3.89. The van der Waals surface area contributed by atoms with E-state index in [9.17, 15) is 0 Å². The average Bonchev–Trinajstić information content (AvgIpc) is 3.20. The van der Waals surface area contributed by atoms with Gasteiger partial charge >= 0.3 is 0 Å². The molecule has 0 amide bonds. The van der Waals surface area contributed by atoms with Crippen LogP contribution in [0.15, 0.2) is 41.4 Å². The van der Waals surface area contributed by atoms with E-state index in [2.05, 4.69) is 46.9 Å². The topological polar surface area (TPSA) is 40.2 Å². The van der Waals surface area contributed by atoms with E-state index < -0.39 is 0 Å². The second-order valence-corrected chi connectivity index (χ2v) is 8.48. The molecule has 0 saturated heterocycles. The lowest BCUT2D eigenvalue weighted by Gasteiger charge is -2.57. The predicted molar refractivity (Wildman–Crippen MR) is 98.0 cm³/mol. The maximum Gasteiger partial charge on any atom is 0.0807 e. The number of aliphatic imine (C=N–C) groups is 1. The number of aromatic amines is 1. The minimum absolute atomic E-state index is 0.370. The van der Waals surface area contributed by atoms with E-state index in [1.807, 2.05) is 6.20 Å². The highest BCUT2D eigenvalue weighted by Gasteiger charge is 2.50. The van der Waals surface area contributed by atoms with Crippen LogP contribution in [0.25, 0.3) is 0 Å². The third-order valence-corrected chi connectivity index (χ3v) is 6.77. The normalized spacial score (nSPS) is 38.1. The van der Waals surface area contributed by atoms with Crippen molar-refractivity contribution in [1.29, 1.82) is 0 Å². The van der Waals surface area contributed by atoms with Gasteiger partial charge < -0.3 is 10.3 Å². The number of aryl methyl sites for hydroxylation is 1. The van der Waals surface area contributed by atoms with Crippen LogP contribution < -0.4 is 5.32 Å². The van der Waals surface area contributed by atoms with Crippen molar-refractivity contribution in [3.05, 3.63) is 47.6 Å². The highest BCUT2D eigenvalue weighted by atomic mass is 15.0. The fraction of sp³-hybridized carbons (Fsp3) is 0.571. The average molecular weight is 321 g/mol. The molecule has 0 aromatic carbocycles. The fourth-order valence-corrected chi connectivity index (χ4v) is 6.11. The molecule has 4 bridgehead atoms. The summed E-state index contributed by atoms with van der Waals surface area (Å²) in [5.41, 5.74) is 5.32. The molecule has 1 aromatic heterocycles. The number of hydrogen-bond acceptors (Lipinski definition) is 2. The van der Waals surface area contributed by atoms with Crippen LogP contribution in [0, 0.1) is 17.8 Å². The highest BCUT2D eigenvalue weighted by Crippen LogP contribution is 2.55. The standard InChI is InChI=1S/C21H27N3/c1-2-17-11-22-13-19(17)20-18(3-4-23-20)12-24-21-8-14-5-15(9-21)7-16(6-14)10-21/h3-4,11-16,22,24H,2,5-10H2,1H3. The van der Waals surface area contributed by atoms with E-state index in [0.29, 0.717) is 5.54 Å². The highest BCUT2D eigenvalue weighted by molar-refractivity contribution is 6.16. The van der Waals surface area contributed by atoms with E-state index >= 15 is 0 Å². The predicted octanol–water partition coefficient (Wildman–Crippen LogP) is 4.34. The molecule has 2 N–H and O–H groups in total. The van der Waals surface area contributed by atoms with E-state index in [0.717, 1.165) is 29.9 Å². The molecule has 3 heteroatoms. The van der Waals surface area contributed by atoms with E-state index in [1.165, 1.54) is 55.2 Å². The fourth-order valence-electron chi connectivity index (χ4n) is 6.11. The van der Waals surface area contributed by atoms with Gasteiger partial charge in [0.2, 0.25) is 0 Å². The van der Waals surface area contributed by atoms with Gasteiger partial charge in [-0.25, -0.2) is 0 Å². The summed E-state index contributed by atoms with van der Waals surface area (Å²) < 4.78 is 0. The SMILES string of the molecule is CCc1c[nH]cc1C1=NC=CC1=CNC12CC3CC(CC(C3)C1)C2. The molecule has 4 aliphatic carbocycles. The van der Waals surface area contributed by atoms with Crippen molar-refractivity contribution in [2.75, 3.05) is 0 Å². The zero-order chi connectivity index (χ0) is 16.1. The lowest BCUT2D eigenvalue weighted by molar-refractivity contribution is -0.0130. The lowest BCUT2D eigenvalue weighted by Crippen LogP contribution is -2.57. The summed E-state index contributed by atoms with van der Waals surface area (Å²) in [6.45, 7) is 2.20. The molecule has 0 radical (unpaired) electrons. The second-order valence-electron chi connectivity index (χ2n) is 8.48. The summed E-state index contributed by atoms with van der Waals surface area (Å²) in [6.07, 6.45) is 20.2. The van der Waals surface area contributed by atoms with Crippen molar-refractivity contribution in [2.45, 2.75) is 57.4 Å². The van der Waals surface area contributed by atoms with E-state index in [1.54, 1.807) is 0 Å². The maximum atomic E-state index is 4.64. The van der Waals surface area contributed by atoms with Crippen LogP contribution in [0.5, 0.6) is 0 Å². The Bertz CT molecular complexity index is 699. The van der Waals surface area contributed by atoms with Crippen LogP contribution in [0.3, 0.4) is 0 Å². The Morgan fingerprint density at radius 2 is 1.88 bits per heavy atom. The van der Waals surface area contributed by atoms with Gasteiger partial charge in [-0.05, 0) is 74.3 Å². The molecule has 3 nitrogen and oxygen atoms in total. The number of nitrogens with zero attached hydrogens (tertiary/aromatic N) is 1. The number of hydrogen-bond donors (Lipinski definition) is 2. The molecule has 4 fully saturated rings. The van der Waals surface area contributed by atoms with Gasteiger partial charge in [0.25, 0.3) is 0 Å². The Balaban J connectivity index is 1.39. The summed E-state index contributed by atoms with van der Waals surface area (Å²) >= 11 is 0. The molecule has 4 saturated carbocycles. The van der Waals surface area contributed by atoms with Gasteiger partial charge in [0.1, 0.15) is 0 Å². The molecule has 126 valence electrons. The van der Waals surface area contributed by atoms with Crippen LogP contribution in [0.4, 0.5) is 0 Å². The van der Waals surface area contributed by atoms with Gasteiger partial charge in [-0.1, -0.05) is 6.92 Å². The van der Waals surface area contributed by atoms with Crippen molar-refractivity contribution in [3.8, 4) is 0 Å². The first kappa shape index (κ1) is 14.6. The van der Waals surface area contributed by atoms with Gasteiger partial charge in [-0.15, -0.1) is 0 Å². The summed E-state index contributed by atoms with van der Waals surface area (Å²) in [4.78, 5) is 7.88. The van der Waals surface area contributed by atoms with Crippen LogP contribution >= 0.6 is 0 Å². The third kappa shape index (κ3) is 2.28. The van der Waals surface area contributed by atoms with Gasteiger partial charge in [-0.2, -0.15) is 0 Å². The van der Waals surface area contributed by atoms with E-state index in [-0.39, 0.29) is 0 Å². The summed E-state index contributed by atoms with van der Waals surface area (Å²) in [6, 6.07) is 0. The van der Waals surface area contributed by atoms with Crippen LogP contribution in [-0.2, 0) is 6.42 Å². The van der Waals surface area contributed by atoms with Crippen molar-refractivity contribution < 1.29 is 0 Å². The number of H-pyrrole nitrogens is 1. The monoisotopic (exact) mass is 321 g/mol. The van der Waals surface area contributed by atoms with Crippen molar-refractivity contribution in [2.24, 2.45) is 22.7 Å². The Hall–Kier alpha value is -1.77. The molecule has 0 unspecified atom stereocenters. The van der Waals surface area contributed by atoms with Crippen molar-refractivity contribution in [3.63, 3.8) is 0 Å². The first-order chi connectivity index (χ1) is 11.7. The molecule has 24 heavy (non-hydrogen) atoms. The number of nitrogens with one attached hydrogen (secondary N) is 2. The number of rotatable bonds is 4. The molecular formula is C21H27N3. The molecule has 0 atom stereocenters. The first-order valence-corrected chi connectivity index (χ1v) is 9.63. The molecular weight excluding hydrogens is 294 g/mol. The molecule has 6 rings (SSSR count). The summed E-state index contributed by atoms with van der Waals surface area (Å²) in [5.74, 6) is 2.93. The second kappa shape index (κ2) is 5.37. The molecule has 5 aliphatic rings. The third-order valence-electron chi connectivity index (χ3n) is 6.77. The van der Waals surface area contributed by atoms with E-state index in [4.69, 9.17) is 0 Å². The van der Waals surface area contributed by atoms with Gasteiger partial charge in [0, 0.05) is 41.5 Å². The largest absolute Gasteiger partial charge is 0.385 e. The van der Waals surface area contributed by atoms with Crippen molar-refractivity contribution >= 4 is 5.71 Å². The quantitative estimate of drug-likeness (QED) is 0.851. The van der Waals surface area contributed by atoms with Crippen molar-refractivity contribution in [1.82, 2.24) is 10.3 Å². The van der Waals surface area contributed by atoms with Gasteiger partial charge in [-0.3, -0.25) is 4.99 Å². The Kier molecular flexibility index (Phi) is 3.26. The molecule has 2 heterocycles. The number of aromatic nitrogens is 1. The number of allylic oxidation sites excluding steroid dienone is 2. The van der Waals surface area contributed by atoms with Gasteiger partial charge in [0.15, 0.2) is 0 Å². The molecule has 0 spiro atoms. The maximum absolute atomic E-state index is 4.64. The molecule has 1 aliphatic heterocycles. The van der Waals surface area contributed by atoms with Crippen LogP contribution in [0.2, 0.25) is 0 Å². The Labute approximate surface area is 144 Å². The Morgan fingerprint density at radius 3 is 2.54 bits per heavy atom. The first-order valence-electron chi connectivity index (χ1n) is 9.63. The Morgan fingerprint density at radius 1 is 1.17 bits per heavy atom. The van der Waals surface area contributed by atoms with Crippen LogP contribution in [-0.4, -0.2) is 16.2 Å². The minimum Gasteiger partial charge on any atom is -0.385 e. The minimum atomic E-state index is 0.370. The smallest absolute Gasteiger partial charge is 0.0807 e. The summed E-state index contributed by atoms with van der Waals surface area (Å²) in [7, 11) is 0. The zero-order valence-corrected chi connectivity index (χ0v) is 14.5. The van der Waals surface area contributed by atoms with Gasteiger partial charge in [0.05, 0.1) is 5.71 Å². The zero-order valence-electron chi connectivity index (χ0n) is 14.5. The molecule has 1 aromatic rings. The lowest BCUT2D eigenvalue weighted by atomic mass is 9.53.